The van der Waals surface area contributed by atoms with Crippen molar-refractivity contribution in [3.63, 3.8) is 0 Å². The molecule has 0 unspecified atom stereocenters. The Labute approximate surface area is 140 Å². The van der Waals surface area contributed by atoms with Crippen LogP contribution in [0.1, 0.15) is 5.56 Å². The van der Waals surface area contributed by atoms with Gasteiger partial charge in [-0.2, -0.15) is 0 Å². The number of carbonyl (C=O) groups is 1. The zero-order valence-electron chi connectivity index (χ0n) is 13.8. The predicted octanol–water partition coefficient (Wildman–Crippen LogP) is 2.99. The lowest BCUT2D eigenvalue weighted by molar-refractivity contribution is -0.385. The van der Waals surface area contributed by atoms with Crippen LogP contribution in [0.25, 0.3) is 0 Å². The molecule has 1 amide bonds. The fraction of sp³-hybridized carbons (Fsp3) is 0.235. The highest BCUT2D eigenvalue weighted by molar-refractivity contribution is 5.92. The van der Waals surface area contributed by atoms with Crippen LogP contribution in [-0.4, -0.2) is 31.5 Å². The van der Waals surface area contributed by atoms with Gasteiger partial charge in [-0.05, 0) is 43.3 Å². The molecule has 0 fully saturated rings. The minimum Gasteiger partial charge on any atom is -0.484 e. The van der Waals surface area contributed by atoms with Crippen LogP contribution in [-0.2, 0) is 4.79 Å². The van der Waals surface area contributed by atoms with Gasteiger partial charge in [0, 0.05) is 37.1 Å². The summed E-state index contributed by atoms with van der Waals surface area (Å²) < 4.78 is 5.37. The summed E-state index contributed by atoms with van der Waals surface area (Å²) in [5.41, 5.74) is 2.21. The molecular formula is C17H19N3O4. The van der Waals surface area contributed by atoms with Crippen molar-refractivity contribution in [2.75, 3.05) is 30.9 Å². The quantitative estimate of drug-likeness (QED) is 0.650. The standard InChI is InChI=1S/C17H19N3O4/c1-12-10-15(8-9-16(12)20(22)23)24-11-17(21)18-13-4-6-14(7-5-13)19(2)3/h4-10H,11H2,1-3H3,(H,18,21). The molecule has 7 heteroatoms. The Kier molecular flexibility index (Phi) is 5.36. The summed E-state index contributed by atoms with van der Waals surface area (Å²) in [6, 6.07) is 11.8. The summed E-state index contributed by atoms with van der Waals surface area (Å²) in [7, 11) is 3.88. The molecule has 0 aliphatic carbocycles. The molecule has 0 radical (unpaired) electrons. The van der Waals surface area contributed by atoms with Gasteiger partial charge >= 0.3 is 0 Å². The number of carbonyl (C=O) groups excluding carboxylic acids is 1. The smallest absolute Gasteiger partial charge is 0.272 e. The largest absolute Gasteiger partial charge is 0.484 e. The van der Waals surface area contributed by atoms with Gasteiger partial charge in [0.25, 0.3) is 11.6 Å². The number of ether oxygens (including phenoxy) is 1. The van der Waals surface area contributed by atoms with Crippen molar-refractivity contribution >= 4 is 23.0 Å². The van der Waals surface area contributed by atoms with E-state index in [0.29, 0.717) is 17.0 Å². The average molecular weight is 329 g/mol. The van der Waals surface area contributed by atoms with Gasteiger partial charge in [-0.3, -0.25) is 14.9 Å². The molecule has 0 saturated heterocycles. The maximum atomic E-state index is 11.9. The summed E-state index contributed by atoms with van der Waals surface area (Å²) in [5, 5.41) is 13.5. The normalized spacial score (nSPS) is 10.1. The van der Waals surface area contributed by atoms with Crippen LogP contribution in [0.3, 0.4) is 0 Å². The predicted molar refractivity (Wildman–Crippen MR) is 92.7 cm³/mol. The summed E-state index contributed by atoms with van der Waals surface area (Å²) in [6.07, 6.45) is 0. The summed E-state index contributed by atoms with van der Waals surface area (Å²) in [4.78, 5) is 24.2. The first-order chi connectivity index (χ1) is 11.4. The van der Waals surface area contributed by atoms with E-state index in [1.54, 1.807) is 6.92 Å². The second kappa shape index (κ2) is 7.45. The SMILES string of the molecule is Cc1cc(OCC(=O)Nc2ccc(N(C)C)cc2)ccc1[N+](=O)[O-]. The number of hydrogen-bond donors (Lipinski definition) is 1. The molecule has 0 heterocycles. The maximum absolute atomic E-state index is 11.9. The Hall–Kier alpha value is -3.09. The zero-order chi connectivity index (χ0) is 17.7. The molecule has 0 saturated carbocycles. The van der Waals surface area contributed by atoms with Gasteiger partial charge in [-0.15, -0.1) is 0 Å². The zero-order valence-corrected chi connectivity index (χ0v) is 13.8. The van der Waals surface area contributed by atoms with Gasteiger partial charge in [-0.25, -0.2) is 0 Å². The molecule has 0 aliphatic heterocycles. The number of nitrogens with one attached hydrogen (secondary N) is 1. The maximum Gasteiger partial charge on any atom is 0.272 e. The monoisotopic (exact) mass is 329 g/mol. The minimum absolute atomic E-state index is 0.0211. The van der Waals surface area contributed by atoms with Gasteiger partial charge in [0.1, 0.15) is 5.75 Å². The lowest BCUT2D eigenvalue weighted by Crippen LogP contribution is -2.20. The van der Waals surface area contributed by atoms with E-state index in [9.17, 15) is 14.9 Å². The molecule has 24 heavy (non-hydrogen) atoms. The number of aryl methyl sites for hydroxylation is 1. The minimum atomic E-state index is -0.455. The molecule has 2 rings (SSSR count). The average Bonchev–Trinajstić information content (AvgIpc) is 2.53. The molecule has 126 valence electrons. The van der Waals surface area contributed by atoms with Crippen LogP contribution in [0.2, 0.25) is 0 Å². The Morgan fingerprint density at radius 3 is 2.42 bits per heavy atom. The molecule has 0 aromatic heterocycles. The Morgan fingerprint density at radius 2 is 1.88 bits per heavy atom. The molecule has 2 aromatic rings. The molecule has 7 nitrogen and oxygen atoms in total. The van der Waals surface area contributed by atoms with E-state index in [1.165, 1.54) is 18.2 Å². The van der Waals surface area contributed by atoms with Crippen molar-refractivity contribution in [1.29, 1.82) is 0 Å². The third kappa shape index (κ3) is 4.45. The van der Waals surface area contributed by atoms with Gasteiger partial charge in [0.05, 0.1) is 4.92 Å². The number of nitrogens with zero attached hydrogens (tertiary/aromatic N) is 2. The highest BCUT2D eigenvalue weighted by Gasteiger charge is 2.11. The Morgan fingerprint density at radius 1 is 1.21 bits per heavy atom. The number of rotatable bonds is 6. The van der Waals surface area contributed by atoms with E-state index >= 15 is 0 Å². The van der Waals surface area contributed by atoms with Gasteiger partial charge < -0.3 is 15.0 Å². The third-order valence-corrected chi connectivity index (χ3v) is 3.40. The summed E-state index contributed by atoms with van der Waals surface area (Å²) in [6.45, 7) is 1.45. The van der Waals surface area contributed by atoms with Crippen molar-refractivity contribution in [3.05, 3.63) is 58.1 Å². The van der Waals surface area contributed by atoms with E-state index in [-0.39, 0.29) is 18.2 Å². The van der Waals surface area contributed by atoms with Crippen LogP contribution >= 0.6 is 0 Å². The first-order valence-electron chi connectivity index (χ1n) is 7.32. The topological polar surface area (TPSA) is 84.7 Å². The van der Waals surface area contributed by atoms with Crippen LogP contribution in [0, 0.1) is 17.0 Å². The van der Waals surface area contributed by atoms with E-state index in [1.807, 2.05) is 43.3 Å². The van der Waals surface area contributed by atoms with E-state index in [0.717, 1.165) is 5.69 Å². The number of anilines is 2. The van der Waals surface area contributed by atoms with E-state index in [4.69, 9.17) is 4.74 Å². The van der Waals surface area contributed by atoms with Gasteiger partial charge in [0.2, 0.25) is 0 Å². The second-order valence-electron chi connectivity index (χ2n) is 5.48. The number of benzene rings is 2. The molecule has 1 N–H and O–H groups in total. The molecular weight excluding hydrogens is 310 g/mol. The molecule has 2 aromatic carbocycles. The number of nitro benzene ring substituents is 1. The fourth-order valence-electron chi connectivity index (χ4n) is 2.11. The van der Waals surface area contributed by atoms with Gasteiger partial charge in [-0.1, -0.05) is 0 Å². The highest BCUT2D eigenvalue weighted by Crippen LogP contribution is 2.23. The van der Waals surface area contributed by atoms with Gasteiger partial charge in [0.15, 0.2) is 6.61 Å². The fourth-order valence-corrected chi connectivity index (χ4v) is 2.11. The van der Waals surface area contributed by atoms with Crippen molar-refractivity contribution in [3.8, 4) is 5.75 Å². The lowest BCUT2D eigenvalue weighted by atomic mass is 10.2. The van der Waals surface area contributed by atoms with Crippen molar-refractivity contribution in [1.82, 2.24) is 0 Å². The summed E-state index contributed by atoms with van der Waals surface area (Å²) >= 11 is 0. The number of hydrogen-bond acceptors (Lipinski definition) is 5. The number of amides is 1. The lowest BCUT2D eigenvalue weighted by Gasteiger charge is -2.13. The van der Waals surface area contributed by atoms with Crippen LogP contribution in [0.4, 0.5) is 17.1 Å². The third-order valence-electron chi connectivity index (χ3n) is 3.40. The first kappa shape index (κ1) is 17.3. The van der Waals surface area contributed by atoms with Crippen LogP contribution < -0.4 is 15.0 Å². The van der Waals surface area contributed by atoms with Crippen molar-refractivity contribution in [2.45, 2.75) is 6.92 Å². The first-order valence-corrected chi connectivity index (χ1v) is 7.32. The number of nitro groups is 1. The van der Waals surface area contributed by atoms with E-state index in [2.05, 4.69) is 5.32 Å². The molecule has 0 aliphatic rings. The second-order valence-corrected chi connectivity index (χ2v) is 5.48. The Balaban J connectivity index is 1.91. The molecule has 0 spiro atoms. The van der Waals surface area contributed by atoms with Crippen molar-refractivity contribution < 1.29 is 14.5 Å². The molecule has 0 atom stereocenters. The van der Waals surface area contributed by atoms with Crippen LogP contribution in [0.15, 0.2) is 42.5 Å². The van der Waals surface area contributed by atoms with Crippen molar-refractivity contribution in [2.24, 2.45) is 0 Å². The highest BCUT2D eigenvalue weighted by atomic mass is 16.6. The summed E-state index contributed by atoms with van der Waals surface area (Å²) in [5.74, 6) is 0.111. The van der Waals surface area contributed by atoms with Crippen LogP contribution in [0.5, 0.6) is 5.75 Å². The molecule has 0 bridgehead atoms. The Bertz CT molecular complexity index is 742. The van der Waals surface area contributed by atoms with E-state index < -0.39 is 4.92 Å².